The minimum Gasteiger partial charge on any atom is -0.432 e. The molecule has 0 spiro atoms. The first-order valence-corrected chi connectivity index (χ1v) is 9.34. The molecular weight excluding hydrogens is 368 g/mol. The predicted octanol–water partition coefficient (Wildman–Crippen LogP) is 7.04. The number of hydrogen-bond donors (Lipinski definition) is 0. The molecule has 3 rings (SSSR count). The van der Waals surface area contributed by atoms with E-state index in [1.54, 1.807) is 24.3 Å². The molecule has 0 bridgehead atoms. The Morgan fingerprint density at radius 3 is 2.46 bits per heavy atom. The van der Waals surface area contributed by atoms with Gasteiger partial charge in [-0.2, -0.15) is 8.78 Å². The van der Waals surface area contributed by atoms with Gasteiger partial charge in [0.15, 0.2) is 11.6 Å². The summed E-state index contributed by atoms with van der Waals surface area (Å²) < 4.78 is 57.4. The number of rotatable bonds is 7. The van der Waals surface area contributed by atoms with Gasteiger partial charge in [0.25, 0.3) is 0 Å². The predicted molar refractivity (Wildman–Crippen MR) is 102 cm³/mol. The zero-order valence-electron chi connectivity index (χ0n) is 15.6. The van der Waals surface area contributed by atoms with Gasteiger partial charge in [-0.3, -0.25) is 0 Å². The third-order valence-corrected chi connectivity index (χ3v) is 5.15. The number of hydrogen-bond acceptors (Lipinski definition) is 1. The van der Waals surface area contributed by atoms with Crippen LogP contribution in [0.3, 0.4) is 0 Å². The van der Waals surface area contributed by atoms with E-state index in [0.717, 1.165) is 24.8 Å². The fraction of sp³-hybridized carbons (Fsp3) is 0.304. The molecule has 2 aromatic rings. The smallest absolute Gasteiger partial charge is 0.387 e. The second-order valence-corrected chi connectivity index (χ2v) is 6.96. The fourth-order valence-electron chi connectivity index (χ4n) is 3.61. The van der Waals surface area contributed by atoms with E-state index in [2.05, 4.69) is 11.7 Å². The van der Waals surface area contributed by atoms with Crippen molar-refractivity contribution in [2.24, 2.45) is 0 Å². The lowest BCUT2D eigenvalue weighted by Gasteiger charge is -2.33. The first kappa shape index (κ1) is 20.2. The number of alkyl halides is 2. The first-order valence-electron chi connectivity index (χ1n) is 9.34. The van der Waals surface area contributed by atoms with Gasteiger partial charge in [0.2, 0.25) is 0 Å². The van der Waals surface area contributed by atoms with Gasteiger partial charge in [-0.05, 0) is 42.2 Å². The summed E-state index contributed by atoms with van der Waals surface area (Å²) in [6.45, 7) is -1.00. The van der Waals surface area contributed by atoms with Gasteiger partial charge in [0, 0.05) is 11.0 Å². The van der Waals surface area contributed by atoms with E-state index in [0.29, 0.717) is 17.5 Å². The summed E-state index contributed by atoms with van der Waals surface area (Å²) >= 11 is 0. The van der Waals surface area contributed by atoms with Crippen molar-refractivity contribution in [1.29, 1.82) is 0 Å². The van der Waals surface area contributed by atoms with Gasteiger partial charge >= 0.3 is 6.61 Å². The lowest BCUT2D eigenvalue weighted by Crippen LogP contribution is -2.25. The number of halogens is 4. The van der Waals surface area contributed by atoms with Crippen molar-refractivity contribution in [1.82, 2.24) is 0 Å². The van der Waals surface area contributed by atoms with Crippen LogP contribution in [0.2, 0.25) is 0 Å². The van der Waals surface area contributed by atoms with Crippen LogP contribution in [0.25, 0.3) is 5.57 Å². The molecule has 1 aliphatic carbocycles. The number of allylic oxidation sites excluding steroid dienone is 4. The Bertz CT molecular complexity index is 888. The Labute approximate surface area is 162 Å². The average Bonchev–Trinajstić information content (AvgIpc) is 2.68. The summed E-state index contributed by atoms with van der Waals surface area (Å²) in [7, 11) is 0. The molecular formula is C23H22F4O. The lowest BCUT2D eigenvalue weighted by molar-refractivity contribution is -0.0522. The van der Waals surface area contributed by atoms with Crippen molar-refractivity contribution < 1.29 is 22.3 Å². The highest BCUT2D eigenvalue weighted by Crippen LogP contribution is 2.41. The Morgan fingerprint density at radius 1 is 1.07 bits per heavy atom. The fourth-order valence-corrected chi connectivity index (χ4v) is 3.61. The van der Waals surface area contributed by atoms with E-state index < -0.39 is 23.6 Å². The summed E-state index contributed by atoms with van der Waals surface area (Å²) in [6.07, 6.45) is 9.03. The third-order valence-electron chi connectivity index (χ3n) is 5.15. The van der Waals surface area contributed by atoms with Crippen molar-refractivity contribution >= 4 is 5.57 Å². The Morgan fingerprint density at radius 2 is 1.86 bits per heavy atom. The normalized spacial score (nSPS) is 19.0. The summed E-state index contributed by atoms with van der Waals surface area (Å²) in [5, 5.41) is 0. The molecule has 2 aromatic carbocycles. The monoisotopic (exact) mass is 390 g/mol. The zero-order chi connectivity index (χ0) is 20.1. The SMILES string of the molecule is CCCCC1(c2ccc(OC(F)F)c(F)c2)C=CC(c2ccccc2F)=CC1. The van der Waals surface area contributed by atoms with E-state index in [4.69, 9.17) is 0 Å². The van der Waals surface area contributed by atoms with E-state index in [1.165, 1.54) is 18.2 Å². The molecule has 0 amide bonds. The van der Waals surface area contributed by atoms with Gasteiger partial charge in [0.05, 0.1) is 0 Å². The molecule has 148 valence electrons. The number of unbranched alkanes of at least 4 members (excludes halogenated alkanes) is 1. The van der Waals surface area contributed by atoms with Crippen molar-refractivity contribution in [3.05, 3.63) is 83.5 Å². The number of benzene rings is 2. The molecule has 0 fully saturated rings. The van der Waals surface area contributed by atoms with Gasteiger partial charge < -0.3 is 4.74 Å². The quantitative estimate of drug-likeness (QED) is 0.461. The molecule has 0 aliphatic heterocycles. The van der Waals surface area contributed by atoms with Crippen LogP contribution >= 0.6 is 0 Å². The van der Waals surface area contributed by atoms with E-state index in [-0.39, 0.29) is 5.82 Å². The van der Waals surface area contributed by atoms with Crippen LogP contribution in [-0.4, -0.2) is 6.61 Å². The van der Waals surface area contributed by atoms with E-state index in [1.807, 2.05) is 18.2 Å². The molecule has 28 heavy (non-hydrogen) atoms. The standard InChI is InChI=1S/C23H22F4O/c1-2-3-12-23(17-8-9-21(20(25)15-17)28-22(26)27)13-10-16(11-14-23)18-6-4-5-7-19(18)24/h4-11,13,15,22H,2-3,12,14H2,1H3. The van der Waals surface area contributed by atoms with Crippen LogP contribution in [0, 0.1) is 11.6 Å². The second-order valence-electron chi connectivity index (χ2n) is 6.96. The largest absolute Gasteiger partial charge is 0.432 e. The van der Waals surface area contributed by atoms with Crippen LogP contribution in [0.1, 0.15) is 43.7 Å². The Balaban J connectivity index is 1.92. The minimum absolute atomic E-state index is 0.293. The van der Waals surface area contributed by atoms with Crippen LogP contribution < -0.4 is 4.74 Å². The van der Waals surface area contributed by atoms with E-state index >= 15 is 0 Å². The van der Waals surface area contributed by atoms with Gasteiger partial charge in [0.1, 0.15) is 5.82 Å². The van der Waals surface area contributed by atoms with Crippen LogP contribution in [-0.2, 0) is 5.41 Å². The molecule has 5 heteroatoms. The van der Waals surface area contributed by atoms with Crippen molar-refractivity contribution in [2.75, 3.05) is 0 Å². The van der Waals surface area contributed by atoms with Crippen LogP contribution in [0.5, 0.6) is 5.75 Å². The molecule has 1 nitrogen and oxygen atoms in total. The van der Waals surface area contributed by atoms with Crippen LogP contribution in [0.4, 0.5) is 17.6 Å². The highest BCUT2D eigenvalue weighted by molar-refractivity contribution is 5.76. The maximum absolute atomic E-state index is 14.3. The summed E-state index contributed by atoms with van der Waals surface area (Å²) in [5.74, 6) is -1.57. The zero-order valence-corrected chi connectivity index (χ0v) is 15.6. The highest BCUT2D eigenvalue weighted by Gasteiger charge is 2.31. The topological polar surface area (TPSA) is 9.23 Å². The molecule has 0 heterocycles. The molecule has 1 atom stereocenters. The molecule has 0 N–H and O–H groups in total. The molecule has 1 unspecified atom stereocenters. The lowest BCUT2D eigenvalue weighted by atomic mass is 9.70. The Hall–Kier alpha value is -2.56. The highest BCUT2D eigenvalue weighted by atomic mass is 19.3. The maximum atomic E-state index is 14.3. The first-order chi connectivity index (χ1) is 13.4. The third kappa shape index (κ3) is 4.29. The molecule has 0 saturated carbocycles. The molecule has 0 aromatic heterocycles. The summed E-state index contributed by atoms with van der Waals surface area (Å²) in [5.41, 5.74) is 1.54. The van der Waals surface area contributed by atoms with Gasteiger partial charge in [-0.25, -0.2) is 8.78 Å². The molecule has 1 aliphatic rings. The number of ether oxygens (including phenoxy) is 1. The van der Waals surface area contributed by atoms with Crippen molar-refractivity contribution in [2.45, 2.75) is 44.6 Å². The van der Waals surface area contributed by atoms with Crippen molar-refractivity contribution in [3.63, 3.8) is 0 Å². The second kappa shape index (κ2) is 8.63. The summed E-state index contributed by atoms with van der Waals surface area (Å²) in [4.78, 5) is 0. The summed E-state index contributed by atoms with van der Waals surface area (Å²) in [6, 6.07) is 10.7. The average molecular weight is 390 g/mol. The van der Waals surface area contributed by atoms with Crippen molar-refractivity contribution in [3.8, 4) is 5.75 Å². The minimum atomic E-state index is -3.07. The van der Waals surface area contributed by atoms with Gasteiger partial charge in [-0.15, -0.1) is 0 Å². The molecule has 0 radical (unpaired) electrons. The molecule has 0 saturated heterocycles. The van der Waals surface area contributed by atoms with Gasteiger partial charge in [-0.1, -0.05) is 62.3 Å². The Kier molecular flexibility index (Phi) is 6.22. The maximum Gasteiger partial charge on any atom is 0.387 e. The van der Waals surface area contributed by atoms with E-state index in [9.17, 15) is 17.6 Å². The van der Waals surface area contributed by atoms with Crippen LogP contribution in [0.15, 0.2) is 60.7 Å².